The van der Waals surface area contributed by atoms with Crippen LogP contribution in [0.25, 0.3) is 0 Å². The normalized spacial score (nSPS) is 11.2. The summed E-state index contributed by atoms with van der Waals surface area (Å²) in [5.74, 6) is 0.872. The van der Waals surface area contributed by atoms with E-state index in [1.807, 2.05) is 20.8 Å². The van der Waals surface area contributed by atoms with Gasteiger partial charge >= 0.3 is 5.69 Å². The van der Waals surface area contributed by atoms with Crippen LogP contribution in [0.5, 0.6) is 0 Å². The second-order valence-corrected chi connectivity index (χ2v) is 5.07. The van der Waals surface area contributed by atoms with Gasteiger partial charge in [0.15, 0.2) is 0 Å². The third kappa shape index (κ3) is 4.65. The minimum Gasteiger partial charge on any atom is -0.377 e. The standard InChI is InChI=1S/C13H22N4O3/c1-5-8-14-11-7-6-10(17(18)19)12(16-11)15-9-13(2,3)20-4/h6-7H,5,8-9H2,1-4H3,(H2,14,15,16). The molecule has 112 valence electrons. The zero-order chi connectivity index (χ0) is 15.2. The van der Waals surface area contributed by atoms with Gasteiger partial charge in [0.25, 0.3) is 0 Å². The van der Waals surface area contributed by atoms with Gasteiger partial charge in [-0.05, 0) is 26.3 Å². The summed E-state index contributed by atoms with van der Waals surface area (Å²) in [6.07, 6.45) is 0.956. The van der Waals surface area contributed by atoms with Crippen molar-refractivity contribution in [2.75, 3.05) is 30.8 Å². The average molecular weight is 282 g/mol. The lowest BCUT2D eigenvalue weighted by molar-refractivity contribution is -0.384. The molecule has 1 aromatic rings. The lowest BCUT2D eigenvalue weighted by atomic mass is 10.1. The van der Waals surface area contributed by atoms with Crippen LogP contribution in [0.3, 0.4) is 0 Å². The Hall–Kier alpha value is -1.89. The monoisotopic (exact) mass is 282 g/mol. The SMILES string of the molecule is CCCNc1ccc([N+](=O)[O-])c(NCC(C)(C)OC)n1. The molecular weight excluding hydrogens is 260 g/mol. The van der Waals surface area contributed by atoms with Crippen LogP contribution in [-0.4, -0.2) is 35.7 Å². The van der Waals surface area contributed by atoms with Crippen molar-refractivity contribution in [1.29, 1.82) is 0 Å². The predicted octanol–water partition coefficient (Wildman–Crippen LogP) is 2.65. The zero-order valence-electron chi connectivity index (χ0n) is 12.4. The Bertz CT molecular complexity index is 463. The van der Waals surface area contributed by atoms with Crippen molar-refractivity contribution < 1.29 is 9.66 Å². The second kappa shape index (κ2) is 7.04. The number of aromatic nitrogens is 1. The number of ether oxygens (including phenoxy) is 1. The molecule has 2 N–H and O–H groups in total. The number of pyridine rings is 1. The summed E-state index contributed by atoms with van der Waals surface area (Å²) in [4.78, 5) is 14.8. The van der Waals surface area contributed by atoms with Crippen molar-refractivity contribution in [3.05, 3.63) is 22.2 Å². The van der Waals surface area contributed by atoms with Crippen LogP contribution in [-0.2, 0) is 4.74 Å². The van der Waals surface area contributed by atoms with Crippen LogP contribution in [0.1, 0.15) is 27.2 Å². The van der Waals surface area contributed by atoms with Crippen molar-refractivity contribution in [3.8, 4) is 0 Å². The van der Waals surface area contributed by atoms with Crippen molar-refractivity contribution in [2.45, 2.75) is 32.8 Å². The highest BCUT2D eigenvalue weighted by Crippen LogP contribution is 2.24. The molecule has 7 nitrogen and oxygen atoms in total. The number of nitrogens with one attached hydrogen (secondary N) is 2. The summed E-state index contributed by atoms with van der Waals surface area (Å²) in [5, 5.41) is 17.1. The fraction of sp³-hybridized carbons (Fsp3) is 0.615. The number of methoxy groups -OCH3 is 1. The Morgan fingerprint density at radius 3 is 2.65 bits per heavy atom. The molecule has 0 aliphatic heterocycles. The third-order valence-electron chi connectivity index (χ3n) is 2.86. The summed E-state index contributed by atoms with van der Waals surface area (Å²) in [6.45, 7) is 7.02. The van der Waals surface area contributed by atoms with Crippen molar-refractivity contribution in [3.63, 3.8) is 0 Å². The lowest BCUT2D eigenvalue weighted by Gasteiger charge is -2.23. The number of hydrogen-bond acceptors (Lipinski definition) is 6. The molecule has 0 fully saturated rings. The molecule has 0 saturated heterocycles. The first kappa shape index (κ1) is 16.2. The minimum absolute atomic E-state index is 0.0426. The van der Waals surface area contributed by atoms with Gasteiger partial charge in [-0.3, -0.25) is 10.1 Å². The van der Waals surface area contributed by atoms with Crippen LogP contribution in [0.15, 0.2) is 12.1 Å². The Morgan fingerprint density at radius 2 is 2.10 bits per heavy atom. The van der Waals surface area contributed by atoms with Gasteiger partial charge < -0.3 is 15.4 Å². The predicted molar refractivity (Wildman–Crippen MR) is 79.2 cm³/mol. The molecule has 0 saturated carbocycles. The highest BCUT2D eigenvalue weighted by atomic mass is 16.6. The van der Waals surface area contributed by atoms with Gasteiger partial charge in [-0.2, -0.15) is 0 Å². The highest BCUT2D eigenvalue weighted by molar-refractivity contribution is 5.60. The van der Waals surface area contributed by atoms with Crippen molar-refractivity contribution in [1.82, 2.24) is 4.98 Å². The summed E-state index contributed by atoms with van der Waals surface area (Å²) < 4.78 is 5.28. The van der Waals surface area contributed by atoms with Gasteiger partial charge in [-0.25, -0.2) is 4.98 Å². The molecule has 0 aliphatic carbocycles. The summed E-state index contributed by atoms with van der Waals surface area (Å²) in [7, 11) is 1.60. The van der Waals surface area contributed by atoms with E-state index < -0.39 is 10.5 Å². The van der Waals surface area contributed by atoms with Crippen LogP contribution in [0.2, 0.25) is 0 Å². The Kier molecular flexibility index (Phi) is 5.69. The molecule has 0 bridgehead atoms. The number of rotatable bonds is 8. The van der Waals surface area contributed by atoms with Crippen LogP contribution < -0.4 is 10.6 Å². The van der Waals surface area contributed by atoms with E-state index in [0.717, 1.165) is 13.0 Å². The smallest absolute Gasteiger partial charge is 0.311 e. The fourth-order valence-corrected chi connectivity index (χ4v) is 1.45. The highest BCUT2D eigenvalue weighted by Gasteiger charge is 2.21. The largest absolute Gasteiger partial charge is 0.377 e. The maximum absolute atomic E-state index is 11.0. The fourth-order valence-electron chi connectivity index (χ4n) is 1.45. The quantitative estimate of drug-likeness (QED) is 0.563. The number of hydrogen-bond donors (Lipinski definition) is 2. The van der Waals surface area contributed by atoms with E-state index in [2.05, 4.69) is 15.6 Å². The summed E-state index contributed by atoms with van der Waals surface area (Å²) >= 11 is 0. The first-order valence-electron chi connectivity index (χ1n) is 6.58. The Morgan fingerprint density at radius 1 is 1.40 bits per heavy atom. The van der Waals surface area contributed by atoms with E-state index in [1.54, 1.807) is 13.2 Å². The maximum Gasteiger partial charge on any atom is 0.311 e. The van der Waals surface area contributed by atoms with Crippen LogP contribution in [0, 0.1) is 10.1 Å². The number of nitrogens with zero attached hydrogens (tertiary/aromatic N) is 2. The number of anilines is 2. The van der Waals surface area contributed by atoms with Crippen molar-refractivity contribution in [2.24, 2.45) is 0 Å². The van der Waals surface area contributed by atoms with Gasteiger partial charge in [0, 0.05) is 26.3 Å². The van der Waals surface area contributed by atoms with E-state index >= 15 is 0 Å². The molecule has 0 unspecified atom stereocenters. The second-order valence-electron chi connectivity index (χ2n) is 5.07. The van der Waals surface area contributed by atoms with E-state index in [9.17, 15) is 10.1 Å². The van der Waals surface area contributed by atoms with E-state index in [0.29, 0.717) is 12.4 Å². The molecule has 1 aromatic heterocycles. The zero-order valence-corrected chi connectivity index (χ0v) is 12.4. The molecule has 1 rings (SSSR count). The van der Waals surface area contributed by atoms with Gasteiger partial charge in [0.1, 0.15) is 5.82 Å². The molecule has 1 heterocycles. The van der Waals surface area contributed by atoms with Gasteiger partial charge in [-0.15, -0.1) is 0 Å². The molecule has 0 amide bonds. The summed E-state index contributed by atoms with van der Waals surface area (Å²) in [5.41, 5.74) is -0.471. The van der Waals surface area contributed by atoms with E-state index in [4.69, 9.17) is 4.74 Å². The van der Waals surface area contributed by atoms with Crippen molar-refractivity contribution >= 4 is 17.3 Å². The number of nitro groups is 1. The van der Waals surface area contributed by atoms with Crippen LogP contribution in [0.4, 0.5) is 17.3 Å². The third-order valence-corrected chi connectivity index (χ3v) is 2.86. The Balaban J connectivity index is 2.91. The molecule has 0 spiro atoms. The molecular formula is C13H22N4O3. The van der Waals surface area contributed by atoms with Gasteiger partial charge in [0.2, 0.25) is 5.82 Å². The first-order valence-corrected chi connectivity index (χ1v) is 6.58. The molecule has 0 aromatic carbocycles. The average Bonchev–Trinajstić information content (AvgIpc) is 2.42. The molecule has 0 atom stereocenters. The Labute approximate surface area is 118 Å². The molecule has 0 aliphatic rings. The van der Waals surface area contributed by atoms with E-state index in [-0.39, 0.29) is 11.5 Å². The lowest BCUT2D eigenvalue weighted by Crippen LogP contribution is -2.32. The van der Waals surface area contributed by atoms with Gasteiger partial charge in [-0.1, -0.05) is 6.92 Å². The molecule has 20 heavy (non-hydrogen) atoms. The van der Waals surface area contributed by atoms with E-state index in [1.165, 1.54) is 6.07 Å². The summed E-state index contributed by atoms with van der Waals surface area (Å²) in [6, 6.07) is 3.06. The topological polar surface area (TPSA) is 89.3 Å². The molecule has 7 heteroatoms. The first-order chi connectivity index (χ1) is 9.39. The molecule has 0 radical (unpaired) electrons. The maximum atomic E-state index is 11.0. The minimum atomic E-state index is -0.446. The van der Waals surface area contributed by atoms with Gasteiger partial charge in [0.05, 0.1) is 10.5 Å². The van der Waals surface area contributed by atoms with Crippen LogP contribution >= 0.6 is 0 Å².